The van der Waals surface area contributed by atoms with Crippen LogP contribution in [0.1, 0.15) is 233 Å². The molecule has 0 saturated carbocycles. The number of pyridine rings is 4. The minimum Gasteiger partial charge on any atom is -0.481 e. The largest absolute Gasteiger partial charge is 0.481 e. The number of Topliss-reactive ketones (excluding diaryl/α,β-unsaturated/α-hetero) is 1. The van der Waals surface area contributed by atoms with Crippen LogP contribution in [-0.2, 0) is 72.2 Å². The average molecular weight is 1780 g/mol. The van der Waals surface area contributed by atoms with E-state index in [4.69, 9.17) is 49.2 Å². The maximum Gasteiger partial charge on any atom is 0.337 e. The molecule has 4 N–H and O–H groups in total. The van der Waals surface area contributed by atoms with Gasteiger partial charge in [0.25, 0.3) is 11.8 Å². The maximum atomic E-state index is 12.8. The molecule has 0 radical (unpaired) electrons. The van der Waals surface area contributed by atoms with Crippen molar-refractivity contribution in [3.8, 4) is 45.0 Å². The van der Waals surface area contributed by atoms with Crippen LogP contribution in [0.25, 0.3) is 89.7 Å². The van der Waals surface area contributed by atoms with Gasteiger partial charge in [-0.25, -0.2) is 64.6 Å². The zero-order valence-electron chi connectivity index (χ0n) is 76.8. The molecule has 0 atom stereocenters. The Balaban J connectivity index is 0.000000171. The second-order valence-electron chi connectivity index (χ2n) is 35.0. The number of aromatic nitrogens is 12. The molecule has 0 fully saturated rings. The fraction of sp³-hybridized carbons (Fsp3) is 0.314. The Kier molecular flexibility index (Phi) is 34.5. The molecular formula is C105H112N14O13. The lowest BCUT2D eigenvalue weighted by atomic mass is 10.0. The highest BCUT2D eigenvalue weighted by Gasteiger charge is 2.24. The summed E-state index contributed by atoms with van der Waals surface area (Å²) in [6.45, 7) is 23.2. The summed E-state index contributed by atoms with van der Waals surface area (Å²) < 4.78 is 16.1. The van der Waals surface area contributed by atoms with Crippen LogP contribution in [0, 0.1) is 13.8 Å². The van der Waals surface area contributed by atoms with Crippen LogP contribution in [0.5, 0.6) is 0 Å². The summed E-state index contributed by atoms with van der Waals surface area (Å²) in [6.07, 6.45) is 15.1. The lowest BCUT2D eigenvalue weighted by molar-refractivity contribution is -0.156. The third-order valence-corrected chi connectivity index (χ3v) is 20.3. The molecule has 0 saturated heterocycles. The number of fused-ring (bicyclic) bond motifs is 4. The minimum atomic E-state index is -1.06. The number of hydrogen-bond acceptors (Lipinski definition) is 23. The summed E-state index contributed by atoms with van der Waals surface area (Å²) in [5.74, 6) is -2.97. The van der Waals surface area contributed by atoms with Gasteiger partial charge in [0.1, 0.15) is 38.9 Å². The van der Waals surface area contributed by atoms with Gasteiger partial charge in [-0.3, -0.25) is 33.6 Å². The number of amides is 2. The molecule has 0 aliphatic rings. The standard InChI is InChI=1S/C31H34N4O3.C27H26N4O3.C24H27N3O3.C23H25N3O4/c1-21-14-16-22(17-15-21)19-33-30(37)24-18-26-29(32-20-24)35-28(23-10-6-5-7-11-23)25(34-26)12-8-9-13-27(36)38-31(2,3)4;1-18-11-13-19(14-12-18)16-29-27(34)21-15-23-26(28-17-21)31-25(20-7-3-2-4-8-20)22(30-23)9-5-6-10-24(32)33;1-16(28)18-14-20-23(25-15-18)27-22(17-10-6-5-7-11-17)19(26-20)12-8-9-13-21(29)30-24(2,3)4;1-23(2,3)30-19(27)12-8-7-11-17-20(15-9-5-4-6-10-15)26-21-18(25-17)13-16(14-24-21)22(28)29/h5-7,10-11,14-18,20H,8-9,12-13,19H2,1-4H3,(H,33,37);2-4,7-8,11-15,17H,5-6,9-10,16H2,1H3,(H,29,34)(H,32,33);5-7,10-11,14-15H,8-9,12-13H2,1-4H3;4-6,9-10,13-14H,7-8,11-12H2,1-3H3,(H,28,29). The summed E-state index contributed by atoms with van der Waals surface area (Å²) in [5, 5.41) is 24.0. The van der Waals surface area contributed by atoms with Gasteiger partial charge in [0, 0.05) is 91.4 Å². The molecule has 27 heteroatoms. The van der Waals surface area contributed by atoms with Crippen LogP contribution in [0.2, 0.25) is 0 Å². The van der Waals surface area contributed by atoms with Crippen molar-refractivity contribution in [3.63, 3.8) is 0 Å². The molecule has 8 heterocycles. The summed E-state index contributed by atoms with van der Waals surface area (Å²) in [4.78, 5) is 151. The molecular weight excluding hydrogens is 1670 g/mol. The van der Waals surface area contributed by atoms with Crippen molar-refractivity contribution in [1.82, 2.24) is 70.4 Å². The quantitative estimate of drug-likeness (QED) is 0.0132. The number of nitrogens with zero attached hydrogens (tertiary/aromatic N) is 12. The zero-order chi connectivity index (χ0) is 94.5. The Bertz CT molecular complexity index is 6200. The summed E-state index contributed by atoms with van der Waals surface area (Å²) in [5.41, 5.74) is 18.3. The normalized spacial score (nSPS) is 11.3. The van der Waals surface area contributed by atoms with Gasteiger partial charge >= 0.3 is 29.8 Å². The van der Waals surface area contributed by atoms with E-state index in [0.29, 0.717) is 151 Å². The first kappa shape index (κ1) is 97.8. The topological polar surface area (TPSA) is 383 Å². The third kappa shape index (κ3) is 30.5. The summed E-state index contributed by atoms with van der Waals surface area (Å²) >= 11 is 0. The predicted octanol–water partition coefficient (Wildman–Crippen LogP) is 20.1. The third-order valence-electron chi connectivity index (χ3n) is 20.3. The Labute approximate surface area is 768 Å². The number of rotatable bonds is 32. The number of ketones is 1. The van der Waals surface area contributed by atoms with E-state index in [1.54, 1.807) is 18.2 Å². The smallest absolute Gasteiger partial charge is 0.337 e. The minimum absolute atomic E-state index is 0.0581. The molecule has 680 valence electrons. The molecule has 132 heavy (non-hydrogen) atoms. The van der Waals surface area contributed by atoms with Gasteiger partial charge < -0.3 is 35.1 Å². The van der Waals surface area contributed by atoms with E-state index in [2.05, 4.69) is 40.5 Å². The summed E-state index contributed by atoms with van der Waals surface area (Å²) in [7, 11) is 0. The van der Waals surface area contributed by atoms with E-state index in [-0.39, 0.29) is 47.5 Å². The average Bonchev–Trinajstić information content (AvgIpc) is 0.801. The van der Waals surface area contributed by atoms with Crippen LogP contribution in [-0.4, -0.2) is 134 Å². The first-order valence-corrected chi connectivity index (χ1v) is 44.3. The van der Waals surface area contributed by atoms with Crippen LogP contribution < -0.4 is 10.6 Å². The number of carboxylic acid groups (broad SMARTS) is 2. The maximum absolute atomic E-state index is 12.8. The number of esters is 3. The highest BCUT2D eigenvalue weighted by Crippen LogP contribution is 2.31. The molecule has 14 aromatic rings. The van der Waals surface area contributed by atoms with E-state index in [1.165, 1.54) is 48.9 Å². The first-order chi connectivity index (χ1) is 63.1. The van der Waals surface area contributed by atoms with E-state index in [1.807, 2.05) is 246 Å². The number of ether oxygens (including phenoxy) is 3. The van der Waals surface area contributed by atoms with Gasteiger partial charge in [0.05, 0.1) is 62.2 Å². The van der Waals surface area contributed by atoms with E-state index >= 15 is 0 Å². The number of hydrogen-bond donors (Lipinski definition) is 4. The zero-order valence-corrected chi connectivity index (χ0v) is 76.8. The molecule has 0 aliphatic heterocycles. The molecule has 0 aliphatic carbocycles. The lowest BCUT2D eigenvalue weighted by Crippen LogP contribution is -2.23. The Morgan fingerprint density at radius 1 is 0.318 bits per heavy atom. The van der Waals surface area contributed by atoms with Crippen molar-refractivity contribution in [2.75, 3.05) is 0 Å². The molecule has 8 aromatic heterocycles. The van der Waals surface area contributed by atoms with E-state index in [0.717, 1.165) is 98.2 Å². The van der Waals surface area contributed by atoms with Gasteiger partial charge in [0.2, 0.25) is 0 Å². The predicted molar refractivity (Wildman–Crippen MR) is 508 cm³/mol. The monoisotopic (exact) mass is 1780 g/mol. The fourth-order valence-corrected chi connectivity index (χ4v) is 13.9. The van der Waals surface area contributed by atoms with Gasteiger partial charge in [-0.1, -0.05) is 181 Å². The number of aryl methyl sites for hydroxylation is 6. The second-order valence-corrected chi connectivity index (χ2v) is 35.0. The Morgan fingerprint density at radius 3 is 0.841 bits per heavy atom. The molecule has 2 amide bonds. The van der Waals surface area contributed by atoms with E-state index in [9.17, 15) is 43.5 Å². The van der Waals surface area contributed by atoms with Gasteiger partial charge in [-0.2, -0.15) is 0 Å². The molecule has 6 aromatic carbocycles. The van der Waals surface area contributed by atoms with Crippen molar-refractivity contribution in [2.24, 2.45) is 0 Å². The van der Waals surface area contributed by atoms with Crippen molar-refractivity contribution >= 4 is 92.1 Å². The van der Waals surface area contributed by atoms with Gasteiger partial charge in [0.15, 0.2) is 28.4 Å². The Morgan fingerprint density at radius 2 is 0.576 bits per heavy atom. The summed E-state index contributed by atoms with van der Waals surface area (Å²) in [6, 6.07) is 61.8. The number of nitrogens with one attached hydrogen (secondary N) is 2. The number of aliphatic carboxylic acids is 1. The Hall–Kier alpha value is -14.8. The van der Waals surface area contributed by atoms with Crippen molar-refractivity contribution in [3.05, 3.63) is 286 Å². The molecule has 27 nitrogen and oxygen atoms in total. The van der Waals surface area contributed by atoms with Crippen molar-refractivity contribution < 1.29 is 62.8 Å². The molecule has 14 rings (SSSR count). The highest BCUT2D eigenvalue weighted by molar-refractivity contribution is 5.98. The number of carbonyl (C=O) groups is 8. The van der Waals surface area contributed by atoms with Crippen molar-refractivity contribution in [1.29, 1.82) is 0 Å². The fourth-order valence-electron chi connectivity index (χ4n) is 13.9. The SMILES string of the molecule is CC(=O)c1cnc2nc(-c3ccccc3)c(CCCCC(=O)OC(C)(C)C)nc2c1.CC(C)(C)OC(=O)CCCCc1nc2cc(C(=O)O)cnc2nc1-c1ccccc1.Cc1ccc(CNC(=O)c2cnc3nc(-c4ccccc4)c(CCCCC(=O)O)nc3c2)cc1.Cc1ccc(CNC(=O)c2cnc3nc(-c4ccccc4)c(CCCCC(=O)OC(C)(C)C)nc3c2)cc1. The number of aromatic carboxylic acids is 1. The van der Waals surface area contributed by atoms with Crippen molar-refractivity contribution in [2.45, 2.75) is 216 Å². The van der Waals surface area contributed by atoms with Crippen LogP contribution in [0.3, 0.4) is 0 Å². The lowest BCUT2D eigenvalue weighted by Gasteiger charge is -2.19. The molecule has 0 spiro atoms. The number of carbonyl (C=O) groups excluding carboxylic acids is 6. The van der Waals surface area contributed by atoms with Crippen LogP contribution >= 0.6 is 0 Å². The molecule has 0 unspecified atom stereocenters. The number of benzene rings is 6. The van der Waals surface area contributed by atoms with Crippen LogP contribution in [0.15, 0.2) is 219 Å². The number of carboxylic acids is 2. The van der Waals surface area contributed by atoms with Gasteiger partial charge in [-0.05, 0) is 196 Å². The van der Waals surface area contributed by atoms with Crippen LogP contribution in [0.4, 0.5) is 0 Å². The second kappa shape index (κ2) is 46.5. The molecule has 0 bridgehead atoms. The number of unbranched alkanes of at least 4 members (excludes halogenated alkanes) is 4. The first-order valence-electron chi connectivity index (χ1n) is 44.3. The van der Waals surface area contributed by atoms with E-state index < -0.39 is 28.7 Å². The van der Waals surface area contributed by atoms with Gasteiger partial charge in [-0.15, -0.1) is 0 Å². The highest BCUT2D eigenvalue weighted by atomic mass is 16.6.